The van der Waals surface area contributed by atoms with Gasteiger partial charge in [-0.2, -0.15) is 5.10 Å². The van der Waals surface area contributed by atoms with Gasteiger partial charge in [-0.25, -0.2) is 10.2 Å². The molecule has 4 rings (SSSR count). The molecule has 3 amide bonds. The van der Waals surface area contributed by atoms with E-state index >= 15 is 0 Å². The number of nitrogens with two attached hydrogens (primary N) is 1. The summed E-state index contributed by atoms with van der Waals surface area (Å²) in [5.74, 6) is -0.339. The van der Waals surface area contributed by atoms with Crippen LogP contribution in [0.1, 0.15) is 16.7 Å². The lowest BCUT2D eigenvalue weighted by molar-refractivity contribution is -0.110. The van der Waals surface area contributed by atoms with Crippen molar-refractivity contribution >= 4 is 23.3 Å². The Morgan fingerprint density at radius 2 is 2.00 bits per heavy atom. The molecule has 0 unspecified atom stereocenters. The fourth-order valence-electron chi connectivity index (χ4n) is 3.61. The number of anilines is 1. The number of benzene rings is 2. The molecule has 0 aromatic heterocycles. The Hall–Kier alpha value is -3.19. The Morgan fingerprint density at radius 1 is 1.23 bits per heavy atom. The first-order valence-electron chi connectivity index (χ1n) is 8.42. The van der Waals surface area contributed by atoms with E-state index in [4.69, 9.17) is 5.73 Å². The molecule has 0 bridgehead atoms. The van der Waals surface area contributed by atoms with Crippen LogP contribution in [0.5, 0.6) is 0 Å². The number of nitrogens with zero attached hydrogens (tertiary/aromatic N) is 2. The van der Waals surface area contributed by atoms with Crippen LogP contribution in [0.25, 0.3) is 11.1 Å². The van der Waals surface area contributed by atoms with Gasteiger partial charge in [-0.15, -0.1) is 0 Å². The molecule has 7 nitrogen and oxygen atoms in total. The van der Waals surface area contributed by atoms with Gasteiger partial charge in [-0.1, -0.05) is 30.3 Å². The SMILES string of the molecule is CN1CCc2c(-c3ccccc3)cc3c(c2C1)NC(=O)/C3=N\NC(N)=O. The summed E-state index contributed by atoms with van der Waals surface area (Å²) in [5.41, 5.74) is 13.4. The van der Waals surface area contributed by atoms with Crippen LogP contribution in [0.2, 0.25) is 0 Å². The van der Waals surface area contributed by atoms with Crippen molar-refractivity contribution in [1.29, 1.82) is 0 Å². The van der Waals surface area contributed by atoms with E-state index in [-0.39, 0.29) is 11.6 Å². The molecule has 0 fully saturated rings. The predicted molar refractivity (Wildman–Crippen MR) is 99.8 cm³/mol. The normalized spacial score (nSPS) is 17.6. The van der Waals surface area contributed by atoms with Gasteiger partial charge in [-0.05, 0) is 41.8 Å². The molecule has 2 aliphatic rings. The van der Waals surface area contributed by atoms with Gasteiger partial charge in [0.15, 0.2) is 5.71 Å². The van der Waals surface area contributed by atoms with Gasteiger partial charge in [0, 0.05) is 18.7 Å². The number of hydrazone groups is 1. The van der Waals surface area contributed by atoms with Gasteiger partial charge in [0.1, 0.15) is 0 Å². The maximum absolute atomic E-state index is 12.4. The zero-order valence-corrected chi connectivity index (χ0v) is 14.4. The smallest absolute Gasteiger partial charge is 0.332 e. The van der Waals surface area contributed by atoms with Crippen molar-refractivity contribution in [2.75, 3.05) is 18.9 Å². The van der Waals surface area contributed by atoms with Gasteiger partial charge in [0.2, 0.25) is 0 Å². The second-order valence-corrected chi connectivity index (χ2v) is 6.55. The van der Waals surface area contributed by atoms with Crippen LogP contribution >= 0.6 is 0 Å². The molecule has 2 aromatic carbocycles. The zero-order valence-electron chi connectivity index (χ0n) is 14.4. The zero-order chi connectivity index (χ0) is 18.3. The molecule has 26 heavy (non-hydrogen) atoms. The number of urea groups is 1. The standard InChI is InChI=1S/C19H19N5O2/c1-24-8-7-12-13(11-5-3-2-4-6-11)9-14-16(15(12)10-24)21-18(25)17(14)22-23-19(20)26/h2-6,9H,7-8,10H2,1H3,(H3,20,23,26)(H,21,22,25). The van der Waals surface area contributed by atoms with Crippen molar-refractivity contribution in [2.45, 2.75) is 13.0 Å². The fraction of sp³-hybridized carbons (Fsp3) is 0.211. The van der Waals surface area contributed by atoms with Gasteiger partial charge < -0.3 is 16.0 Å². The minimum Gasteiger partial charge on any atom is -0.350 e. The maximum Gasteiger partial charge on any atom is 0.332 e. The second-order valence-electron chi connectivity index (χ2n) is 6.55. The van der Waals surface area contributed by atoms with Gasteiger partial charge in [0.05, 0.1) is 5.69 Å². The van der Waals surface area contributed by atoms with Gasteiger partial charge >= 0.3 is 6.03 Å². The lowest BCUT2D eigenvalue weighted by Crippen LogP contribution is -2.27. The quantitative estimate of drug-likeness (QED) is 0.719. The minimum atomic E-state index is -0.806. The molecule has 0 saturated carbocycles. The van der Waals surface area contributed by atoms with E-state index in [1.165, 1.54) is 5.56 Å². The molecule has 7 heteroatoms. The molecule has 4 N–H and O–H groups in total. The van der Waals surface area contributed by atoms with Crippen molar-refractivity contribution in [3.63, 3.8) is 0 Å². The highest BCUT2D eigenvalue weighted by atomic mass is 16.2. The number of primary amides is 1. The number of nitrogens with one attached hydrogen (secondary N) is 2. The molecule has 2 heterocycles. The average Bonchev–Trinajstić information content (AvgIpc) is 2.95. The number of rotatable bonds is 2. The first-order valence-corrected chi connectivity index (χ1v) is 8.42. The summed E-state index contributed by atoms with van der Waals surface area (Å²) in [5, 5.41) is 6.82. The maximum atomic E-state index is 12.4. The number of carbonyl (C=O) groups is 2. The Balaban J connectivity index is 1.93. The third kappa shape index (κ3) is 2.72. The largest absolute Gasteiger partial charge is 0.350 e. The first-order chi connectivity index (χ1) is 12.5. The number of fused-ring (bicyclic) bond motifs is 3. The summed E-state index contributed by atoms with van der Waals surface area (Å²) < 4.78 is 0. The topological polar surface area (TPSA) is 99.8 Å². The summed E-state index contributed by atoms with van der Waals surface area (Å²) in [6.45, 7) is 1.71. The summed E-state index contributed by atoms with van der Waals surface area (Å²) in [4.78, 5) is 25.6. The van der Waals surface area contributed by atoms with E-state index < -0.39 is 6.03 Å². The van der Waals surface area contributed by atoms with Gasteiger partial charge in [0.25, 0.3) is 5.91 Å². The lowest BCUT2D eigenvalue weighted by atomic mass is 9.87. The summed E-state index contributed by atoms with van der Waals surface area (Å²) >= 11 is 0. The van der Waals surface area contributed by atoms with Crippen molar-refractivity contribution in [3.8, 4) is 11.1 Å². The molecule has 132 valence electrons. The Bertz CT molecular complexity index is 937. The molecular weight excluding hydrogens is 330 g/mol. The molecule has 2 aliphatic heterocycles. The van der Waals surface area contributed by atoms with E-state index in [1.54, 1.807) is 0 Å². The first kappa shape index (κ1) is 16.3. The Labute approximate surface area is 150 Å². The van der Waals surface area contributed by atoms with E-state index in [2.05, 4.69) is 39.9 Å². The fourth-order valence-corrected chi connectivity index (χ4v) is 3.61. The van der Waals surface area contributed by atoms with Crippen LogP contribution in [-0.2, 0) is 17.8 Å². The van der Waals surface area contributed by atoms with E-state index in [0.29, 0.717) is 5.56 Å². The molecule has 0 aliphatic carbocycles. The highest BCUT2D eigenvalue weighted by Gasteiger charge is 2.33. The Kier molecular flexibility index (Phi) is 3.93. The molecule has 0 atom stereocenters. The predicted octanol–water partition coefficient (Wildman–Crippen LogP) is 1.67. The number of amides is 3. The summed E-state index contributed by atoms with van der Waals surface area (Å²) in [7, 11) is 2.06. The van der Waals surface area contributed by atoms with Crippen molar-refractivity contribution in [3.05, 3.63) is 53.1 Å². The Morgan fingerprint density at radius 3 is 2.73 bits per heavy atom. The lowest BCUT2D eigenvalue weighted by Gasteiger charge is -2.29. The second kappa shape index (κ2) is 6.27. The van der Waals surface area contributed by atoms with E-state index in [1.807, 2.05) is 24.3 Å². The van der Waals surface area contributed by atoms with Gasteiger partial charge in [-0.3, -0.25) is 4.79 Å². The number of carbonyl (C=O) groups excluding carboxylic acids is 2. The molecular formula is C19H19N5O2. The van der Waals surface area contributed by atoms with Crippen molar-refractivity contribution in [1.82, 2.24) is 10.3 Å². The third-order valence-electron chi connectivity index (χ3n) is 4.79. The van der Waals surface area contributed by atoms with Crippen molar-refractivity contribution in [2.24, 2.45) is 10.8 Å². The van der Waals surface area contributed by atoms with E-state index in [0.717, 1.165) is 41.9 Å². The van der Waals surface area contributed by atoms with Crippen LogP contribution in [0.4, 0.5) is 10.5 Å². The molecule has 0 saturated heterocycles. The monoisotopic (exact) mass is 349 g/mol. The van der Waals surface area contributed by atoms with Crippen LogP contribution in [0, 0.1) is 0 Å². The summed E-state index contributed by atoms with van der Waals surface area (Å²) in [6.07, 6.45) is 0.908. The highest BCUT2D eigenvalue weighted by molar-refractivity contribution is 6.54. The molecule has 0 spiro atoms. The number of hydrogen-bond donors (Lipinski definition) is 3. The highest BCUT2D eigenvalue weighted by Crippen LogP contribution is 2.39. The molecule has 0 radical (unpaired) electrons. The van der Waals surface area contributed by atoms with Crippen LogP contribution in [0.3, 0.4) is 0 Å². The third-order valence-corrected chi connectivity index (χ3v) is 4.79. The van der Waals surface area contributed by atoms with E-state index in [9.17, 15) is 9.59 Å². The number of hydrogen-bond acceptors (Lipinski definition) is 4. The molecule has 2 aromatic rings. The average molecular weight is 349 g/mol. The van der Waals surface area contributed by atoms with Crippen LogP contribution in [-0.4, -0.2) is 36.1 Å². The van der Waals surface area contributed by atoms with Crippen LogP contribution < -0.4 is 16.5 Å². The minimum absolute atomic E-state index is 0.173. The van der Waals surface area contributed by atoms with Crippen molar-refractivity contribution < 1.29 is 9.59 Å². The van der Waals surface area contributed by atoms with Crippen LogP contribution in [0.15, 0.2) is 41.5 Å². The number of likely N-dealkylation sites (N-methyl/N-ethyl adjacent to an activating group) is 1. The summed E-state index contributed by atoms with van der Waals surface area (Å²) in [6, 6.07) is 11.3.